The fourth-order valence-electron chi connectivity index (χ4n) is 2.33. The highest BCUT2D eigenvalue weighted by Gasteiger charge is 2.30. The highest BCUT2D eigenvalue weighted by Crippen LogP contribution is 2.28. The molecule has 0 aliphatic carbocycles. The van der Waals surface area contributed by atoms with Gasteiger partial charge in [-0.2, -0.15) is 0 Å². The molecule has 0 aliphatic rings. The lowest BCUT2D eigenvalue weighted by molar-refractivity contribution is 0.0598. The van der Waals surface area contributed by atoms with E-state index in [9.17, 15) is 9.59 Å². The van der Waals surface area contributed by atoms with Crippen molar-refractivity contribution in [2.24, 2.45) is 0 Å². The Kier molecular flexibility index (Phi) is 5.83. The van der Waals surface area contributed by atoms with Crippen molar-refractivity contribution < 1.29 is 14.3 Å². The number of nitrogens with one attached hydrogen (secondary N) is 1. The minimum absolute atomic E-state index is 0.0283. The van der Waals surface area contributed by atoms with Gasteiger partial charge in [0, 0.05) is 24.0 Å². The molecule has 0 spiro atoms. The van der Waals surface area contributed by atoms with Gasteiger partial charge in [0.05, 0.1) is 17.6 Å². The SMILES string of the molecule is Cc1csc(NC(=O)c2nccnc2N(C(=O)OC(C)(C)C)c2cccnc2)n1. The van der Waals surface area contributed by atoms with Crippen LogP contribution in [0.4, 0.5) is 21.4 Å². The van der Waals surface area contributed by atoms with E-state index in [0.717, 1.165) is 5.69 Å². The van der Waals surface area contributed by atoms with E-state index >= 15 is 0 Å². The Morgan fingerprint density at radius 3 is 2.55 bits per heavy atom. The highest BCUT2D eigenvalue weighted by molar-refractivity contribution is 7.13. The number of aryl methyl sites for hydroxylation is 1. The van der Waals surface area contributed by atoms with E-state index in [4.69, 9.17) is 4.74 Å². The molecule has 0 aliphatic heterocycles. The predicted molar refractivity (Wildman–Crippen MR) is 109 cm³/mol. The lowest BCUT2D eigenvalue weighted by Gasteiger charge is -2.27. The van der Waals surface area contributed by atoms with Crippen LogP contribution < -0.4 is 10.2 Å². The second-order valence-electron chi connectivity index (χ2n) is 7.00. The highest BCUT2D eigenvalue weighted by atomic mass is 32.1. The maximum Gasteiger partial charge on any atom is 0.420 e. The number of pyridine rings is 1. The zero-order valence-corrected chi connectivity index (χ0v) is 17.2. The van der Waals surface area contributed by atoms with Crippen LogP contribution in [0.15, 0.2) is 42.3 Å². The van der Waals surface area contributed by atoms with Crippen LogP contribution in [-0.2, 0) is 4.74 Å². The molecule has 0 saturated heterocycles. The van der Waals surface area contributed by atoms with Crippen molar-refractivity contribution in [2.45, 2.75) is 33.3 Å². The molecule has 0 aromatic carbocycles. The molecular formula is C19H20N6O3S. The number of amides is 2. The Hall–Kier alpha value is -3.40. The van der Waals surface area contributed by atoms with Gasteiger partial charge in [0.15, 0.2) is 16.6 Å². The summed E-state index contributed by atoms with van der Waals surface area (Å²) >= 11 is 1.29. The number of rotatable bonds is 4. The summed E-state index contributed by atoms with van der Waals surface area (Å²) in [7, 11) is 0. The Morgan fingerprint density at radius 2 is 1.93 bits per heavy atom. The van der Waals surface area contributed by atoms with Gasteiger partial charge >= 0.3 is 6.09 Å². The first-order valence-electron chi connectivity index (χ1n) is 8.72. The first kappa shape index (κ1) is 20.3. The van der Waals surface area contributed by atoms with Gasteiger partial charge in [0.2, 0.25) is 0 Å². The van der Waals surface area contributed by atoms with Crippen LogP contribution in [0, 0.1) is 6.92 Å². The van der Waals surface area contributed by atoms with Crippen LogP contribution in [0.25, 0.3) is 0 Å². The Bertz CT molecular complexity index is 1020. The van der Waals surface area contributed by atoms with Gasteiger partial charge in [-0.05, 0) is 39.8 Å². The summed E-state index contributed by atoms with van der Waals surface area (Å²) in [6, 6.07) is 3.33. The summed E-state index contributed by atoms with van der Waals surface area (Å²) in [5.74, 6) is -0.513. The molecule has 0 fully saturated rings. The lowest BCUT2D eigenvalue weighted by atomic mass is 10.2. The average molecular weight is 412 g/mol. The number of anilines is 3. The third-order valence-corrected chi connectivity index (χ3v) is 4.30. The molecule has 3 heterocycles. The van der Waals surface area contributed by atoms with Crippen molar-refractivity contribution in [3.05, 3.63) is 53.7 Å². The molecule has 0 radical (unpaired) electrons. The molecule has 1 N–H and O–H groups in total. The average Bonchev–Trinajstić information content (AvgIpc) is 3.06. The van der Waals surface area contributed by atoms with E-state index in [-0.39, 0.29) is 11.5 Å². The summed E-state index contributed by atoms with van der Waals surface area (Å²) in [6.45, 7) is 7.08. The summed E-state index contributed by atoms with van der Waals surface area (Å²) < 4.78 is 5.51. The van der Waals surface area contributed by atoms with Gasteiger partial charge in [-0.25, -0.2) is 24.6 Å². The molecule has 3 aromatic rings. The summed E-state index contributed by atoms with van der Waals surface area (Å²) in [4.78, 5) is 43.6. The topological polar surface area (TPSA) is 110 Å². The van der Waals surface area contributed by atoms with E-state index in [0.29, 0.717) is 10.8 Å². The molecule has 10 heteroatoms. The molecule has 0 unspecified atom stereocenters. The smallest absolute Gasteiger partial charge is 0.420 e. The van der Waals surface area contributed by atoms with Crippen molar-refractivity contribution >= 4 is 40.0 Å². The monoisotopic (exact) mass is 412 g/mol. The number of nitrogens with zero attached hydrogens (tertiary/aromatic N) is 5. The van der Waals surface area contributed by atoms with Crippen molar-refractivity contribution in [3.63, 3.8) is 0 Å². The molecule has 0 bridgehead atoms. The number of thiazole rings is 1. The molecule has 2 amide bonds. The van der Waals surface area contributed by atoms with Crippen molar-refractivity contribution in [3.8, 4) is 0 Å². The predicted octanol–water partition coefficient (Wildman–Crippen LogP) is 3.96. The van der Waals surface area contributed by atoms with Gasteiger partial charge in [-0.3, -0.25) is 15.1 Å². The van der Waals surface area contributed by atoms with Crippen LogP contribution in [0.3, 0.4) is 0 Å². The van der Waals surface area contributed by atoms with E-state index in [1.54, 1.807) is 39.1 Å². The number of aromatic nitrogens is 4. The van der Waals surface area contributed by atoms with Crippen molar-refractivity contribution in [1.82, 2.24) is 19.9 Å². The van der Waals surface area contributed by atoms with E-state index in [2.05, 4.69) is 25.3 Å². The molecule has 3 aromatic heterocycles. The maximum absolute atomic E-state index is 13.0. The summed E-state index contributed by atoms with van der Waals surface area (Å²) in [5, 5.41) is 4.93. The summed E-state index contributed by atoms with van der Waals surface area (Å²) in [5.41, 5.74) is 0.382. The number of hydrogen-bond donors (Lipinski definition) is 1. The number of ether oxygens (including phenoxy) is 1. The van der Waals surface area contributed by atoms with Crippen LogP contribution in [0.5, 0.6) is 0 Å². The second kappa shape index (κ2) is 8.31. The van der Waals surface area contributed by atoms with Gasteiger partial charge < -0.3 is 4.74 Å². The quantitative estimate of drug-likeness (QED) is 0.690. The van der Waals surface area contributed by atoms with Crippen LogP contribution in [-0.4, -0.2) is 37.5 Å². The zero-order valence-electron chi connectivity index (χ0n) is 16.4. The molecule has 150 valence electrons. The van der Waals surface area contributed by atoms with Crippen molar-refractivity contribution in [2.75, 3.05) is 10.2 Å². The van der Waals surface area contributed by atoms with Crippen LogP contribution in [0.2, 0.25) is 0 Å². The summed E-state index contributed by atoms with van der Waals surface area (Å²) in [6.07, 6.45) is 5.12. The lowest BCUT2D eigenvalue weighted by Crippen LogP contribution is -2.35. The number of hydrogen-bond acceptors (Lipinski definition) is 8. The third-order valence-electron chi connectivity index (χ3n) is 3.43. The molecular weight excluding hydrogens is 392 g/mol. The van der Waals surface area contributed by atoms with Gasteiger partial charge in [0.25, 0.3) is 5.91 Å². The first-order chi connectivity index (χ1) is 13.7. The fourth-order valence-corrected chi connectivity index (χ4v) is 3.01. The van der Waals surface area contributed by atoms with Crippen molar-refractivity contribution in [1.29, 1.82) is 0 Å². The molecule has 3 rings (SSSR count). The van der Waals surface area contributed by atoms with Gasteiger partial charge in [-0.1, -0.05) is 0 Å². The maximum atomic E-state index is 13.0. The molecule has 0 saturated carbocycles. The van der Waals surface area contributed by atoms with Gasteiger partial charge in [-0.15, -0.1) is 11.3 Å². The van der Waals surface area contributed by atoms with Crippen LogP contribution >= 0.6 is 11.3 Å². The van der Waals surface area contributed by atoms with E-state index in [1.165, 1.54) is 34.8 Å². The molecule has 29 heavy (non-hydrogen) atoms. The Morgan fingerprint density at radius 1 is 1.17 bits per heavy atom. The second-order valence-corrected chi connectivity index (χ2v) is 7.86. The fraction of sp³-hybridized carbons (Fsp3) is 0.263. The normalized spacial score (nSPS) is 11.0. The van der Waals surface area contributed by atoms with E-state index in [1.807, 2.05) is 12.3 Å². The standard InChI is InChI=1S/C19H20N6O3S/c1-12-11-29-17(23-12)24-16(26)14-15(22-9-8-21-14)25(13-6-5-7-20-10-13)18(27)28-19(2,3)4/h5-11H,1-4H3,(H,23,24,26). The Balaban J connectivity index is 2.02. The minimum Gasteiger partial charge on any atom is -0.443 e. The minimum atomic E-state index is -0.749. The largest absolute Gasteiger partial charge is 0.443 e. The van der Waals surface area contributed by atoms with Gasteiger partial charge in [0.1, 0.15) is 5.60 Å². The number of carbonyl (C=O) groups excluding carboxylic acids is 2. The first-order valence-corrected chi connectivity index (χ1v) is 9.60. The van der Waals surface area contributed by atoms with Crippen LogP contribution in [0.1, 0.15) is 37.0 Å². The molecule has 0 atom stereocenters. The zero-order chi connectivity index (χ0) is 21.0. The Labute approximate surface area is 171 Å². The number of carbonyl (C=O) groups is 2. The van der Waals surface area contributed by atoms with E-state index < -0.39 is 17.6 Å². The molecule has 9 nitrogen and oxygen atoms in total. The third kappa shape index (κ3) is 5.11.